The Hall–Kier alpha value is -0.900. The summed E-state index contributed by atoms with van der Waals surface area (Å²) in [5.41, 5.74) is 8.47. The molecule has 0 amide bonds. The fourth-order valence-corrected chi connectivity index (χ4v) is 1.69. The molecule has 3 nitrogen and oxygen atoms in total. The molecular weight excluding hydrogens is 214 g/mol. The van der Waals surface area contributed by atoms with E-state index in [4.69, 9.17) is 15.2 Å². The molecule has 3 heteroatoms. The largest absolute Gasteiger partial charge is 0.379 e. The standard InChI is InChI=1S/C14H23NO2/c1-4-16-9-12(3)17-10-14(15)13-8-6-5-7-11(13)2/h5-8,12,14H,4,9-10,15H2,1-3H3. The van der Waals surface area contributed by atoms with Crippen LogP contribution in [0.5, 0.6) is 0 Å². The number of nitrogens with two attached hydrogens (primary N) is 1. The summed E-state index contributed by atoms with van der Waals surface area (Å²) in [6, 6.07) is 8.07. The summed E-state index contributed by atoms with van der Waals surface area (Å²) in [7, 11) is 0. The molecule has 0 saturated carbocycles. The van der Waals surface area contributed by atoms with Crippen molar-refractivity contribution in [2.45, 2.75) is 32.9 Å². The summed E-state index contributed by atoms with van der Waals surface area (Å²) < 4.78 is 11.0. The maximum Gasteiger partial charge on any atom is 0.0781 e. The van der Waals surface area contributed by atoms with E-state index >= 15 is 0 Å². The van der Waals surface area contributed by atoms with E-state index in [-0.39, 0.29) is 12.1 Å². The van der Waals surface area contributed by atoms with Gasteiger partial charge in [0.25, 0.3) is 0 Å². The highest BCUT2D eigenvalue weighted by Gasteiger charge is 2.10. The summed E-state index contributed by atoms with van der Waals surface area (Å²) in [5.74, 6) is 0. The zero-order valence-corrected chi connectivity index (χ0v) is 11.0. The number of ether oxygens (including phenoxy) is 2. The Morgan fingerprint density at radius 3 is 2.59 bits per heavy atom. The van der Waals surface area contributed by atoms with Gasteiger partial charge in [-0.3, -0.25) is 0 Å². The maximum absolute atomic E-state index is 6.11. The minimum Gasteiger partial charge on any atom is -0.379 e. The fraction of sp³-hybridized carbons (Fsp3) is 0.571. The minimum absolute atomic E-state index is 0.0692. The van der Waals surface area contributed by atoms with E-state index < -0.39 is 0 Å². The molecule has 0 saturated heterocycles. The smallest absolute Gasteiger partial charge is 0.0781 e. The van der Waals surface area contributed by atoms with Crippen LogP contribution < -0.4 is 5.73 Å². The van der Waals surface area contributed by atoms with Crippen molar-refractivity contribution < 1.29 is 9.47 Å². The van der Waals surface area contributed by atoms with E-state index in [9.17, 15) is 0 Å². The zero-order chi connectivity index (χ0) is 12.7. The normalized spacial score (nSPS) is 14.6. The third-order valence-corrected chi connectivity index (χ3v) is 2.70. The summed E-state index contributed by atoms with van der Waals surface area (Å²) in [6.45, 7) is 7.92. The first-order valence-corrected chi connectivity index (χ1v) is 6.15. The van der Waals surface area contributed by atoms with E-state index in [1.165, 1.54) is 5.56 Å². The second-order valence-electron chi connectivity index (χ2n) is 4.27. The van der Waals surface area contributed by atoms with E-state index in [0.29, 0.717) is 13.2 Å². The molecule has 0 aromatic heterocycles. The third-order valence-electron chi connectivity index (χ3n) is 2.70. The van der Waals surface area contributed by atoms with Gasteiger partial charge in [0, 0.05) is 6.61 Å². The topological polar surface area (TPSA) is 44.5 Å². The van der Waals surface area contributed by atoms with Crippen molar-refractivity contribution in [1.29, 1.82) is 0 Å². The second kappa shape index (κ2) is 7.43. The summed E-state index contributed by atoms with van der Waals surface area (Å²) in [4.78, 5) is 0. The van der Waals surface area contributed by atoms with Gasteiger partial charge in [-0.15, -0.1) is 0 Å². The Bertz CT molecular complexity index is 328. The van der Waals surface area contributed by atoms with Gasteiger partial charge in [-0.05, 0) is 31.9 Å². The quantitative estimate of drug-likeness (QED) is 0.792. The SMILES string of the molecule is CCOCC(C)OCC(N)c1ccccc1C. The Morgan fingerprint density at radius 1 is 1.24 bits per heavy atom. The first-order valence-electron chi connectivity index (χ1n) is 6.15. The molecule has 17 heavy (non-hydrogen) atoms. The van der Waals surface area contributed by atoms with E-state index in [1.54, 1.807) is 0 Å². The molecule has 0 aliphatic carbocycles. The van der Waals surface area contributed by atoms with Crippen molar-refractivity contribution in [3.05, 3.63) is 35.4 Å². The molecule has 1 aromatic rings. The lowest BCUT2D eigenvalue weighted by Gasteiger charge is -2.18. The fourth-order valence-electron chi connectivity index (χ4n) is 1.69. The van der Waals surface area contributed by atoms with Crippen molar-refractivity contribution in [3.8, 4) is 0 Å². The van der Waals surface area contributed by atoms with Crippen molar-refractivity contribution >= 4 is 0 Å². The maximum atomic E-state index is 6.11. The molecule has 0 fully saturated rings. The number of aryl methyl sites for hydroxylation is 1. The number of hydrogen-bond donors (Lipinski definition) is 1. The molecule has 0 radical (unpaired) electrons. The van der Waals surface area contributed by atoms with Crippen molar-refractivity contribution in [3.63, 3.8) is 0 Å². The molecule has 2 atom stereocenters. The van der Waals surface area contributed by atoms with Crippen LogP contribution in [0.25, 0.3) is 0 Å². The molecule has 0 heterocycles. The average Bonchev–Trinajstić information content (AvgIpc) is 2.34. The molecule has 0 spiro atoms. The number of rotatable bonds is 7. The highest BCUT2D eigenvalue weighted by Crippen LogP contribution is 2.15. The third kappa shape index (κ3) is 4.86. The Labute approximate surface area is 104 Å². The van der Waals surface area contributed by atoms with Gasteiger partial charge >= 0.3 is 0 Å². The van der Waals surface area contributed by atoms with Crippen LogP contribution in [0.4, 0.5) is 0 Å². The van der Waals surface area contributed by atoms with E-state index in [1.807, 2.05) is 26.0 Å². The summed E-state index contributed by atoms with van der Waals surface area (Å²) in [6.07, 6.45) is 0.0880. The first-order chi connectivity index (χ1) is 8.15. The van der Waals surface area contributed by atoms with Gasteiger partial charge in [0.15, 0.2) is 0 Å². The van der Waals surface area contributed by atoms with E-state index in [0.717, 1.165) is 12.2 Å². The Morgan fingerprint density at radius 2 is 1.94 bits per heavy atom. The highest BCUT2D eigenvalue weighted by atomic mass is 16.5. The van der Waals surface area contributed by atoms with Gasteiger partial charge in [0.05, 0.1) is 25.4 Å². The highest BCUT2D eigenvalue weighted by molar-refractivity contribution is 5.28. The van der Waals surface area contributed by atoms with Crippen LogP contribution in [0.15, 0.2) is 24.3 Å². The number of benzene rings is 1. The number of hydrogen-bond acceptors (Lipinski definition) is 3. The van der Waals surface area contributed by atoms with Crippen LogP contribution in [-0.2, 0) is 9.47 Å². The lowest BCUT2D eigenvalue weighted by Crippen LogP contribution is -2.24. The molecule has 0 bridgehead atoms. The Balaban J connectivity index is 2.39. The second-order valence-corrected chi connectivity index (χ2v) is 4.27. The van der Waals surface area contributed by atoms with Crippen LogP contribution in [0.1, 0.15) is 31.0 Å². The zero-order valence-electron chi connectivity index (χ0n) is 11.0. The molecular formula is C14H23NO2. The molecule has 0 aliphatic heterocycles. The van der Waals surface area contributed by atoms with Crippen molar-refractivity contribution in [1.82, 2.24) is 0 Å². The van der Waals surface area contributed by atoms with Gasteiger partial charge in [-0.25, -0.2) is 0 Å². The van der Waals surface area contributed by atoms with Crippen molar-refractivity contribution in [2.75, 3.05) is 19.8 Å². The van der Waals surface area contributed by atoms with Crippen LogP contribution in [-0.4, -0.2) is 25.9 Å². The molecule has 2 unspecified atom stereocenters. The predicted octanol–water partition coefficient (Wildman–Crippen LogP) is 2.44. The summed E-state index contributed by atoms with van der Waals surface area (Å²) in [5, 5.41) is 0. The van der Waals surface area contributed by atoms with Crippen LogP contribution in [0, 0.1) is 6.92 Å². The molecule has 2 N–H and O–H groups in total. The van der Waals surface area contributed by atoms with Gasteiger partial charge in [-0.1, -0.05) is 24.3 Å². The average molecular weight is 237 g/mol. The van der Waals surface area contributed by atoms with E-state index in [2.05, 4.69) is 19.1 Å². The Kier molecular flexibility index (Phi) is 6.19. The van der Waals surface area contributed by atoms with Gasteiger partial charge in [0.1, 0.15) is 0 Å². The monoisotopic (exact) mass is 237 g/mol. The van der Waals surface area contributed by atoms with Crippen LogP contribution >= 0.6 is 0 Å². The van der Waals surface area contributed by atoms with Crippen LogP contribution in [0.2, 0.25) is 0 Å². The molecule has 1 aromatic carbocycles. The minimum atomic E-state index is -0.0692. The van der Waals surface area contributed by atoms with Gasteiger partial charge in [0.2, 0.25) is 0 Å². The first kappa shape index (κ1) is 14.2. The summed E-state index contributed by atoms with van der Waals surface area (Å²) >= 11 is 0. The van der Waals surface area contributed by atoms with Gasteiger partial charge in [-0.2, -0.15) is 0 Å². The molecule has 1 rings (SSSR count). The van der Waals surface area contributed by atoms with Crippen molar-refractivity contribution in [2.24, 2.45) is 5.73 Å². The lowest BCUT2D eigenvalue weighted by molar-refractivity contribution is -0.00839. The molecule has 0 aliphatic rings. The van der Waals surface area contributed by atoms with Crippen LogP contribution in [0.3, 0.4) is 0 Å². The molecule has 96 valence electrons. The predicted molar refractivity (Wildman–Crippen MR) is 70.0 cm³/mol. The lowest BCUT2D eigenvalue weighted by atomic mass is 10.0. The van der Waals surface area contributed by atoms with Gasteiger partial charge < -0.3 is 15.2 Å².